The number of aryl methyl sites for hydroxylation is 1. The van der Waals surface area contributed by atoms with Crippen LogP contribution in [0.3, 0.4) is 0 Å². The molecule has 7 heteroatoms. The molecule has 1 rings (SSSR count). The number of ether oxygens (including phenoxy) is 1. The second kappa shape index (κ2) is 7.26. The van der Waals surface area contributed by atoms with Gasteiger partial charge in [0, 0.05) is 33.8 Å². The maximum absolute atomic E-state index is 11.5. The van der Waals surface area contributed by atoms with Gasteiger partial charge in [-0.25, -0.2) is 4.68 Å². The van der Waals surface area contributed by atoms with Crippen molar-refractivity contribution in [2.45, 2.75) is 0 Å². The largest absolute Gasteiger partial charge is 0.383 e. The maximum atomic E-state index is 11.5. The molecular formula is C10H17ClN4O2. The molecule has 0 amide bonds. The fourth-order valence-electron chi connectivity index (χ4n) is 1.22. The normalized spacial score (nSPS) is 10.5. The van der Waals surface area contributed by atoms with Gasteiger partial charge in [-0.1, -0.05) is 11.6 Å². The van der Waals surface area contributed by atoms with Crippen molar-refractivity contribution < 1.29 is 4.74 Å². The van der Waals surface area contributed by atoms with Crippen LogP contribution in [0.25, 0.3) is 0 Å². The summed E-state index contributed by atoms with van der Waals surface area (Å²) in [5.41, 5.74) is 0.257. The van der Waals surface area contributed by atoms with Gasteiger partial charge in [-0.2, -0.15) is 5.10 Å². The molecule has 17 heavy (non-hydrogen) atoms. The number of hydrogen-bond acceptors (Lipinski definition) is 5. The van der Waals surface area contributed by atoms with E-state index in [2.05, 4.69) is 15.7 Å². The SMILES string of the molecule is COCCNCCNc1cnn(C)c(=O)c1Cl. The van der Waals surface area contributed by atoms with Crippen molar-refractivity contribution in [2.24, 2.45) is 7.05 Å². The molecule has 0 bridgehead atoms. The Labute approximate surface area is 105 Å². The summed E-state index contributed by atoms with van der Waals surface area (Å²) in [5.74, 6) is 0. The molecule has 0 spiro atoms. The van der Waals surface area contributed by atoms with Gasteiger partial charge in [0.1, 0.15) is 5.02 Å². The van der Waals surface area contributed by atoms with E-state index in [9.17, 15) is 4.79 Å². The van der Waals surface area contributed by atoms with E-state index >= 15 is 0 Å². The Hall–Kier alpha value is -1.11. The third-order valence-corrected chi connectivity index (χ3v) is 2.54. The summed E-state index contributed by atoms with van der Waals surface area (Å²) >= 11 is 5.88. The van der Waals surface area contributed by atoms with Crippen LogP contribution in [0.15, 0.2) is 11.0 Å². The van der Waals surface area contributed by atoms with E-state index in [0.29, 0.717) is 18.8 Å². The Morgan fingerprint density at radius 3 is 2.94 bits per heavy atom. The van der Waals surface area contributed by atoms with E-state index < -0.39 is 0 Å². The average molecular weight is 261 g/mol. The number of hydrogen-bond donors (Lipinski definition) is 2. The molecule has 96 valence electrons. The van der Waals surface area contributed by atoms with Crippen LogP contribution in [0, 0.1) is 0 Å². The molecule has 2 N–H and O–H groups in total. The number of methoxy groups -OCH3 is 1. The first-order chi connectivity index (χ1) is 8.16. The van der Waals surface area contributed by atoms with E-state index in [-0.39, 0.29) is 10.6 Å². The molecule has 0 aliphatic carbocycles. The first-order valence-corrected chi connectivity index (χ1v) is 5.70. The molecule has 1 aromatic rings. The maximum Gasteiger partial charge on any atom is 0.287 e. The van der Waals surface area contributed by atoms with Gasteiger partial charge in [-0.3, -0.25) is 4.79 Å². The summed E-state index contributed by atoms with van der Waals surface area (Å²) in [6.45, 7) is 2.89. The van der Waals surface area contributed by atoms with Crippen LogP contribution in [0.1, 0.15) is 0 Å². The Kier molecular flexibility index (Phi) is 5.96. The van der Waals surface area contributed by atoms with E-state index in [4.69, 9.17) is 16.3 Å². The second-order valence-electron chi connectivity index (χ2n) is 3.47. The zero-order valence-electron chi connectivity index (χ0n) is 9.99. The van der Waals surface area contributed by atoms with Gasteiger partial charge >= 0.3 is 0 Å². The Morgan fingerprint density at radius 2 is 2.24 bits per heavy atom. The summed E-state index contributed by atoms with van der Waals surface area (Å²) < 4.78 is 6.10. The smallest absolute Gasteiger partial charge is 0.287 e. The molecule has 1 aromatic heterocycles. The number of rotatable bonds is 7. The molecule has 0 radical (unpaired) electrons. The molecule has 0 aromatic carbocycles. The Bertz CT molecular complexity index is 408. The molecule has 0 atom stereocenters. The predicted molar refractivity (Wildman–Crippen MR) is 67.7 cm³/mol. The van der Waals surface area contributed by atoms with E-state index in [1.807, 2.05) is 0 Å². The molecular weight excluding hydrogens is 244 g/mol. The van der Waals surface area contributed by atoms with Crippen molar-refractivity contribution in [1.29, 1.82) is 0 Å². The summed E-state index contributed by atoms with van der Waals surface area (Å²) in [4.78, 5) is 11.5. The third kappa shape index (κ3) is 4.33. The topological polar surface area (TPSA) is 68.2 Å². The number of aromatic nitrogens is 2. The lowest BCUT2D eigenvalue weighted by molar-refractivity contribution is 0.200. The summed E-state index contributed by atoms with van der Waals surface area (Å²) in [5, 5.41) is 10.3. The van der Waals surface area contributed by atoms with Crippen molar-refractivity contribution in [3.63, 3.8) is 0 Å². The number of nitrogens with zero attached hydrogens (tertiary/aromatic N) is 2. The van der Waals surface area contributed by atoms with Gasteiger partial charge in [0.05, 0.1) is 18.5 Å². The monoisotopic (exact) mass is 260 g/mol. The molecule has 0 saturated carbocycles. The Balaban J connectivity index is 2.37. The molecule has 0 fully saturated rings. The second-order valence-corrected chi connectivity index (χ2v) is 3.85. The van der Waals surface area contributed by atoms with Crippen LogP contribution >= 0.6 is 11.6 Å². The van der Waals surface area contributed by atoms with Crippen molar-refractivity contribution in [3.05, 3.63) is 21.6 Å². The zero-order valence-corrected chi connectivity index (χ0v) is 10.8. The third-order valence-electron chi connectivity index (χ3n) is 2.18. The van der Waals surface area contributed by atoms with Crippen molar-refractivity contribution >= 4 is 17.3 Å². The lowest BCUT2D eigenvalue weighted by Gasteiger charge is -2.09. The first-order valence-electron chi connectivity index (χ1n) is 5.32. The molecule has 1 heterocycles. The number of nitrogens with one attached hydrogen (secondary N) is 2. The molecule has 6 nitrogen and oxygen atoms in total. The average Bonchev–Trinajstić information content (AvgIpc) is 2.33. The highest BCUT2D eigenvalue weighted by atomic mass is 35.5. The van der Waals surface area contributed by atoms with Crippen molar-refractivity contribution in [1.82, 2.24) is 15.1 Å². The number of anilines is 1. The number of halogens is 1. The summed E-state index contributed by atoms with van der Waals surface area (Å²) in [6.07, 6.45) is 1.54. The Morgan fingerprint density at radius 1 is 1.47 bits per heavy atom. The van der Waals surface area contributed by atoms with Gasteiger partial charge in [-0.15, -0.1) is 0 Å². The van der Waals surface area contributed by atoms with Gasteiger partial charge in [0.2, 0.25) is 0 Å². The molecule has 0 aliphatic rings. The van der Waals surface area contributed by atoms with E-state index in [1.165, 1.54) is 4.68 Å². The highest BCUT2D eigenvalue weighted by Gasteiger charge is 2.05. The molecule has 0 unspecified atom stereocenters. The minimum atomic E-state index is -0.302. The zero-order chi connectivity index (χ0) is 12.7. The molecule has 0 saturated heterocycles. The fraction of sp³-hybridized carbons (Fsp3) is 0.600. The van der Waals surface area contributed by atoms with E-state index in [0.717, 1.165) is 13.1 Å². The van der Waals surface area contributed by atoms with Gasteiger partial charge < -0.3 is 15.4 Å². The van der Waals surface area contributed by atoms with Crippen LogP contribution in [-0.2, 0) is 11.8 Å². The fourth-order valence-corrected chi connectivity index (χ4v) is 1.46. The van der Waals surface area contributed by atoms with Crippen LogP contribution < -0.4 is 16.2 Å². The van der Waals surface area contributed by atoms with Crippen LogP contribution in [0.2, 0.25) is 5.02 Å². The quantitative estimate of drug-likeness (QED) is 0.680. The minimum absolute atomic E-state index is 0.166. The first kappa shape index (κ1) is 14.0. The molecule has 0 aliphatic heterocycles. The summed E-state index contributed by atoms with van der Waals surface area (Å²) in [7, 11) is 3.22. The van der Waals surface area contributed by atoms with E-state index in [1.54, 1.807) is 20.4 Å². The lowest BCUT2D eigenvalue weighted by Crippen LogP contribution is -2.27. The van der Waals surface area contributed by atoms with Crippen molar-refractivity contribution in [3.8, 4) is 0 Å². The summed E-state index contributed by atoms with van der Waals surface area (Å²) in [6, 6.07) is 0. The van der Waals surface area contributed by atoms with Gasteiger partial charge in [0.25, 0.3) is 5.56 Å². The van der Waals surface area contributed by atoms with Gasteiger partial charge in [0.15, 0.2) is 0 Å². The van der Waals surface area contributed by atoms with Crippen LogP contribution in [-0.4, -0.2) is 43.1 Å². The predicted octanol–water partition coefficient (Wildman–Crippen LogP) is 0.0816. The van der Waals surface area contributed by atoms with Crippen molar-refractivity contribution in [2.75, 3.05) is 38.7 Å². The lowest BCUT2D eigenvalue weighted by atomic mass is 10.4. The minimum Gasteiger partial charge on any atom is -0.383 e. The highest BCUT2D eigenvalue weighted by molar-refractivity contribution is 6.32. The van der Waals surface area contributed by atoms with Crippen LogP contribution in [0.4, 0.5) is 5.69 Å². The van der Waals surface area contributed by atoms with Gasteiger partial charge in [-0.05, 0) is 0 Å². The van der Waals surface area contributed by atoms with Crippen LogP contribution in [0.5, 0.6) is 0 Å². The standard InChI is InChI=1S/C10H17ClN4O2/c1-15-10(16)9(11)8(7-14-15)13-4-3-12-5-6-17-2/h7,12-13H,3-6H2,1-2H3. The highest BCUT2D eigenvalue weighted by Crippen LogP contribution is 2.13.